The van der Waals surface area contributed by atoms with E-state index in [0.717, 1.165) is 22.0 Å². The molecule has 0 fully saturated rings. The maximum Gasteiger partial charge on any atom is 0.253 e. The number of methoxy groups -OCH3 is 2. The lowest BCUT2D eigenvalue weighted by molar-refractivity contribution is 0.409. The number of aromatic amines is 2. The number of nitrogens with zero attached hydrogens (tertiary/aromatic N) is 1. The molecule has 0 atom stereocenters. The van der Waals surface area contributed by atoms with E-state index in [-0.39, 0.29) is 5.56 Å². The quantitative estimate of drug-likeness (QED) is 0.514. The highest BCUT2D eigenvalue weighted by Gasteiger charge is 2.11. The molecule has 0 aliphatic carbocycles. The van der Waals surface area contributed by atoms with Crippen molar-refractivity contribution in [3.05, 3.63) is 58.5 Å². The lowest BCUT2D eigenvalue weighted by atomic mass is 10.1. The Balaban J connectivity index is 1.69. The van der Waals surface area contributed by atoms with Crippen molar-refractivity contribution in [2.45, 2.75) is 6.54 Å². The normalized spacial score (nSPS) is 11.0. The Morgan fingerprint density at radius 2 is 1.88 bits per heavy atom. The molecule has 0 unspecified atom stereocenters. The van der Waals surface area contributed by atoms with Crippen molar-refractivity contribution in [3.8, 4) is 11.5 Å². The highest BCUT2D eigenvalue weighted by Crippen LogP contribution is 2.31. The number of anilines is 1. The second kappa shape index (κ2) is 6.44. The smallest absolute Gasteiger partial charge is 0.253 e. The number of aromatic nitrogens is 3. The molecule has 0 aliphatic heterocycles. The molecule has 4 rings (SSSR count). The van der Waals surface area contributed by atoms with Crippen LogP contribution in [0.2, 0.25) is 0 Å². The standard InChI is InChI=1S/C19H18N4O3/c1-25-16-5-6-17(26-2)18-14(16)7-12(19(24)22-18)9-20-13-4-3-11-10-21-23-15(11)8-13/h3-8,10,20H,9H2,1-2H3,(H,21,23)(H,22,24). The van der Waals surface area contributed by atoms with E-state index in [1.165, 1.54) is 0 Å². The number of hydrogen-bond acceptors (Lipinski definition) is 5. The number of hydrogen-bond donors (Lipinski definition) is 3. The van der Waals surface area contributed by atoms with Gasteiger partial charge in [0.15, 0.2) is 0 Å². The Labute approximate surface area is 149 Å². The molecule has 2 aromatic carbocycles. The van der Waals surface area contributed by atoms with Crippen LogP contribution >= 0.6 is 0 Å². The van der Waals surface area contributed by atoms with Crippen LogP contribution in [0, 0.1) is 0 Å². The summed E-state index contributed by atoms with van der Waals surface area (Å²) in [5.74, 6) is 1.28. The van der Waals surface area contributed by atoms with Gasteiger partial charge in [0.1, 0.15) is 11.5 Å². The van der Waals surface area contributed by atoms with E-state index in [0.29, 0.717) is 29.1 Å². The fourth-order valence-corrected chi connectivity index (χ4v) is 3.01. The topological polar surface area (TPSA) is 92.0 Å². The van der Waals surface area contributed by atoms with Crippen molar-refractivity contribution in [2.24, 2.45) is 0 Å². The van der Waals surface area contributed by atoms with Crippen molar-refractivity contribution >= 4 is 27.5 Å². The first-order chi connectivity index (χ1) is 12.7. The Kier molecular flexibility index (Phi) is 3.96. The van der Waals surface area contributed by atoms with Crippen molar-refractivity contribution in [1.82, 2.24) is 15.2 Å². The SMILES string of the molecule is COc1ccc(OC)c2[nH]c(=O)c(CNc3ccc4cn[nH]c4c3)cc12. The summed E-state index contributed by atoms with van der Waals surface area (Å²) in [7, 11) is 3.17. The minimum atomic E-state index is -0.167. The fourth-order valence-electron chi connectivity index (χ4n) is 3.01. The van der Waals surface area contributed by atoms with Crippen LogP contribution in [0.3, 0.4) is 0 Å². The fraction of sp³-hybridized carbons (Fsp3) is 0.158. The van der Waals surface area contributed by atoms with Crippen molar-refractivity contribution < 1.29 is 9.47 Å². The molecule has 0 saturated heterocycles. The zero-order valence-corrected chi connectivity index (χ0v) is 14.4. The number of H-pyrrole nitrogens is 2. The summed E-state index contributed by atoms with van der Waals surface area (Å²) in [6.07, 6.45) is 1.77. The molecule has 0 saturated carbocycles. The molecule has 0 bridgehead atoms. The van der Waals surface area contributed by atoms with Crippen LogP contribution in [0.1, 0.15) is 5.56 Å². The van der Waals surface area contributed by atoms with Gasteiger partial charge in [-0.15, -0.1) is 0 Å². The second-order valence-electron chi connectivity index (χ2n) is 5.91. The number of ether oxygens (including phenoxy) is 2. The molecule has 3 N–H and O–H groups in total. The van der Waals surface area contributed by atoms with Gasteiger partial charge in [0.05, 0.1) is 31.4 Å². The number of fused-ring (bicyclic) bond motifs is 2. The van der Waals surface area contributed by atoms with Crippen LogP contribution in [0.5, 0.6) is 11.5 Å². The molecule has 132 valence electrons. The van der Waals surface area contributed by atoms with Crippen LogP contribution in [0.4, 0.5) is 5.69 Å². The number of nitrogens with one attached hydrogen (secondary N) is 3. The first kappa shape index (κ1) is 16.0. The molecule has 7 heteroatoms. The maximum atomic E-state index is 12.5. The molecule has 2 heterocycles. The molecule has 4 aromatic rings. The van der Waals surface area contributed by atoms with Crippen LogP contribution in [0.25, 0.3) is 21.8 Å². The van der Waals surface area contributed by atoms with Crippen LogP contribution < -0.4 is 20.3 Å². The summed E-state index contributed by atoms with van der Waals surface area (Å²) in [6, 6.07) is 11.3. The summed E-state index contributed by atoms with van der Waals surface area (Å²) in [5, 5.41) is 12.1. The highest BCUT2D eigenvalue weighted by molar-refractivity contribution is 5.90. The molecule has 0 amide bonds. The molecule has 0 radical (unpaired) electrons. The Morgan fingerprint density at radius 1 is 1.08 bits per heavy atom. The predicted molar refractivity (Wildman–Crippen MR) is 101 cm³/mol. The number of pyridine rings is 1. The van der Waals surface area contributed by atoms with E-state index in [2.05, 4.69) is 20.5 Å². The average Bonchev–Trinajstić information content (AvgIpc) is 3.13. The first-order valence-corrected chi connectivity index (χ1v) is 8.13. The van der Waals surface area contributed by atoms with E-state index < -0.39 is 0 Å². The van der Waals surface area contributed by atoms with Crippen LogP contribution in [-0.2, 0) is 6.54 Å². The summed E-state index contributed by atoms with van der Waals surface area (Å²) < 4.78 is 10.7. The van der Waals surface area contributed by atoms with Crippen molar-refractivity contribution in [1.29, 1.82) is 0 Å². The third-order valence-corrected chi connectivity index (χ3v) is 4.38. The van der Waals surface area contributed by atoms with E-state index in [9.17, 15) is 4.79 Å². The van der Waals surface area contributed by atoms with Gasteiger partial charge in [-0.2, -0.15) is 5.10 Å². The Bertz CT molecular complexity index is 1150. The number of benzene rings is 2. The van der Waals surface area contributed by atoms with E-state index in [1.807, 2.05) is 30.3 Å². The zero-order valence-electron chi connectivity index (χ0n) is 14.4. The summed E-state index contributed by atoms with van der Waals surface area (Å²) in [5.41, 5.74) is 2.90. The molecule has 7 nitrogen and oxygen atoms in total. The first-order valence-electron chi connectivity index (χ1n) is 8.13. The van der Waals surface area contributed by atoms with E-state index >= 15 is 0 Å². The summed E-state index contributed by atoms with van der Waals surface area (Å²) in [6.45, 7) is 0.380. The minimum absolute atomic E-state index is 0.167. The summed E-state index contributed by atoms with van der Waals surface area (Å²) >= 11 is 0. The lowest BCUT2D eigenvalue weighted by Gasteiger charge is -2.12. The molecule has 2 aromatic heterocycles. The average molecular weight is 350 g/mol. The largest absolute Gasteiger partial charge is 0.496 e. The third-order valence-electron chi connectivity index (χ3n) is 4.38. The third kappa shape index (κ3) is 2.73. The molecule has 26 heavy (non-hydrogen) atoms. The summed E-state index contributed by atoms with van der Waals surface area (Å²) in [4.78, 5) is 15.4. The van der Waals surface area contributed by atoms with E-state index in [4.69, 9.17) is 9.47 Å². The molecule has 0 aliphatic rings. The van der Waals surface area contributed by atoms with Gasteiger partial charge in [0, 0.05) is 28.6 Å². The van der Waals surface area contributed by atoms with Gasteiger partial charge in [-0.05, 0) is 36.4 Å². The van der Waals surface area contributed by atoms with E-state index in [1.54, 1.807) is 26.5 Å². The monoisotopic (exact) mass is 350 g/mol. The molecule has 0 spiro atoms. The second-order valence-corrected chi connectivity index (χ2v) is 5.91. The van der Waals surface area contributed by atoms with Gasteiger partial charge in [0.25, 0.3) is 5.56 Å². The molecular weight excluding hydrogens is 332 g/mol. The van der Waals surface area contributed by atoms with Crippen LogP contribution in [0.15, 0.2) is 47.4 Å². The minimum Gasteiger partial charge on any atom is -0.496 e. The van der Waals surface area contributed by atoms with Gasteiger partial charge in [-0.1, -0.05) is 0 Å². The van der Waals surface area contributed by atoms with Crippen molar-refractivity contribution in [3.63, 3.8) is 0 Å². The zero-order chi connectivity index (χ0) is 18.1. The highest BCUT2D eigenvalue weighted by atomic mass is 16.5. The Hall–Kier alpha value is -3.48. The lowest BCUT2D eigenvalue weighted by Crippen LogP contribution is -2.16. The van der Waals surface area contributed by atoms with Gasteiger partial charge >= 0.3 is 0 Å². The van der Waals surface area contributed by atoms with Gasteiger partial charge in [0.2, 0.25) is 0 Å². The Morgan fingerprint density at radius 3 is 2.69 bits per heavy atom. The van der Waals surface area contributed by atoms with Gasteiger partial charge in [-0.3, -0.25) is 9.89 Å². The van der Waals surface area contributed by atoms with Crippen LogP contribution in [-0.4, -0.2) is 29.4 Å². The predicted octanol–water partition coefficient (Wildman–Crippen LogP) is 3.03. The maximum absolute atomic E-state index is 12.5. The molecular formula is C19H18N4O3. The van der Waals surface area contributed by atoms with Crippen molar-refractivity contribution in [2.75, 3.05) is 19.5 Å². The van der Waals surface area contributed by atoms with Gasteiger partial charge < -0.3 is 19.8 Å². The van der Waals surface area contributed by atoms with Gasteiger partial charge in [-0.25, -0.2) is 0 Å². The number of rotatable bonds is 5.